The molecule has 2 aromatic rings. The molecule has 1 aliphatic heterocycles. The number of amides is 1. The van der Waals surface area contributed by atoms with E-state index in [4.69, 9.17) is 21.1 Å². The number of fused-ring (bicyclic) bond motifs is 1. The van der Waals surface area contributed by atoms with E-state index in [1.165, 1.54) is 0 Å². The van der Waals surface area contributed by atoms with Crippen LogP contribution in [0.15, 0.2) is 48.5 Å². The minimum atomic E-state index is -3.82. The Bertz CT molecular complexity index is 884. The van der Waals surface area contributed by atoms with Gasteiger partial charge < -0.3 is 9.47 Å². The molecule has 1 unspecified atom stereocenters. The summed E-state index contributed by atoms with van der Waals surface area (Å²) in [6, 6.07) is 13.6. The Hall–Kier alpha value is -2.25. The van der Waals surface area contributed by atoms with Crippen molar-refractivity contribution in [1.29, 1.82) is 0 Å². The number of hydrogen-bond donors (Lipinski definition) is 1. The molecule has 6 nitrogen and oxygen atoms in total. The largest absolute Gasteiger partial charge is 0.486 e. The minimum absolute atomic E-state index is 0.122. The van der Waals surface area contributed by atoms with Crippen molar-refractivity contribution in [3.8, 4) is 11.5 Å². The van der Waals surface area contributed by atoms with Gasteiger partial charge in [-0.1, -0.05) is 35.9 Å². The van der Waals surface area contributed by atoms with Crippen LogP contribution >= 0.6 is 11.6 Å². The van der Waals surface area contributed by atoms with Crippen LogP contribution in [0.1, 0.15) is 12.0 Å². The molecule has 0 saturated heterocycles. The number of nitrogens with one attached hydrogen (secondary N) is 1. The SMILES string of the molecule is O=C(CC1COc2ccccc2O1)NS(=O)(=O)Cc1cccc(Cl)c1. The Kier molecular flexibility index (Phi) is 5.15. The number of ether oxygens (including phenoxy) is 2. The number of benzene rings is 2. The lowest BCUT2D eigenvalue weighted by atomic mass is 10.2. The highest BCUT2D eigenvalue weighted by molar-refractivity contribution is 7.89. The normalized spacial score (nSPS) is 16.3. The van der Waals surface area contributed by atoms with Gasteiger partial charge in [-0.05, 0) is 29.8 Å². The molecule has 0 aliphatic carbocycles. The zero-order valence-electron chi connectivity index (χ0n) is 13.1. The van der Waals surface area contributed by atoms with Gasteiger partial charge in [0, 0.05) is 5.02 Å². The zero-order chi connectivity index (χ0) is 17.9. The first-order chi connectivity index (χ1) is 11.9. The average molecular weight is 382 g/mol. The highest BCUT2D eigenvalue weighted by Gasteiger charge is 2.25. The van der Waals surface area contributed by atoms with Crippen LogP contribution in [0.4, 0.5) is 0 Å². The first kappa shape index (κ1) is 17.6. The molecule has 132 valence electrons. The van der Waals surface area contributed by atoms with E-state index in [0.29, 0.717) is 22.1 Å². The summed E-state index contributed by atoms with van der Waals surface area (Å²) in [6.45, 7) is 0.179. The predicted octanol–water partition coefficient (Wildman–Crippen LogP) is 2.52. The summed E-state index contributed by atoms with van der Waals surface area (Å²) >= 11 is 5.84. The number of hydrogen-bond acceptors (Lipinski definition) is 5. The Balaban J connectivity index is 1.57. The smallest absolute Gasteiger partial charge is 0.239 e. The fourth-order valence-electron chi connectivity index (χ4n) is 2.47. The van der Waals surface area contributed by atoms with Gasteiger partial charge in [0.05, 0.1) is 12.2 Å². The van der Waals surface area contributed by atoms with Gasteiger partial charge in [0.25, 0.3) is 0 Å². The molecule has 0 aromatic heterocycles. The van der Waals surface area contributed by atoms with Crippen molar-refractivity contribution in [1.82, 2.24) is 4.72 Å². The van der Waals surface area contributed by atoms with Crippen LogP contribution in [0, 0.1) is 0 Å². The van der Waals surface area contributed by atoms with E-state index in [-0.39, 0.29) is 18.8 Å². The van der Waals surface area contributed by atoms with Crippen molar-refractivity contribution in [2.24, 2.45) is 0 Å². The molecular formula is C17H16ClNO5S. The molecule has 2 aromatic carbocycles. The molecule has 0 spiro atoms. The second kappa shape index (κ2) is 7.33. The van der Waals surface area contributed by atoms with Crippen molar-refractivity contribution in [3.05, 3.63) is 59.1 Å². The van der Waals surface area contributed by atoms with Crippen LogP contribution in [-0.4, -0.2) is 27.0 Å². The molecule has 1 atom stereocenters. The molecule has 3 rings (SSSR count). The van der Waals surface area contributed by atoms with Gasteiger partial charge in [-0.25, -0.2) is 8.42 Å². The number of carbonyl (C=O) groups excluding carboxylic acids is 1. The first-order valence-electron chi connectivity index (χ1n) is 7.57. The topological polar surface area (TPSA) is 81.7 Å². The Labute approximate surface area is 150 Å². The maximum absolute atomic E-state index is 12.1. The number of sulfonamides is 1. The Morgan fingerprint density at radius 3 is 2.68 bits per heavy atom. The molecule has 8 heteroatoms. The van der Waals surface area contributed by atoms with Gasteiger partial charge in [-0.3, -0.25) is 9.52 Å². The molecule has 25 heavy (non-hydrogen) atoms. The van der Waals surface area contributed by atoms with Crippen LogP contribution < -0.4 is 14.2 Å². The summed E-state index contributed by atoms with van der Waals surface area (Å²) in [4.78, 5) is 12.0. The standard InChI is InChI=1S/C17H16ClNO5S/c18-13-5-3-4-12(8-13)11-25(21,22)19-17(20)9-14-10-23-15-6-1-2-7-16(15)24-14/h1-8,14H,9-11H2,(H,19,20). The summed E-state index contributed by atoms with van der Waals surface area (Å²) in [7, 11) is -3.82. The van der Waals surface area contributed by atoms with Crippen LogP contribution in [0.2, 0.25) is 5.02 Å². The lowest BCUT2D eigenvalue weighted by Crippen LogP contribution is -2.38. The third-order valence-electron chi connectivity index (χ3n) is 3.50. The van der Waals surface area contributed by atoms with Gasteiger partial charge in [-0.2, -0.15) is 0 Å². The number of rotatable bonds is 5. The second-order valence-electron chi connectivity index (χ2n) is 5.62. The van der Waals surface area contributed by atoms with E-state index in [9.17, 15) is 13.2 Å². The molecule has 0 bridgehead atoms. The highest BCUT2D eigenvalue weighted by Crippen LogP contribution is 2.31. The van der Waals surface area contributed by atoms with E-state index < -0.39 is 22.0 Å². The fraction of sp³-hybridized carbons (Fsp3) is 0.235. The average Bonchev–Trinajstić information content (AvgIpc) is 2.53. The zero-order valence-corrected chi connectivity index (χ0v) is 14.7. The molecule has 0 saturated carbocycles. The van der Waals surface area contributed by atoms with E-state index in [1.54, 1.807) is 42.5 Å². The summed E-state index contributed by atoms with van der Waals surface area (Å²) in [5.74, 6) is 0.167. The molecule has 1 aliphatic rings. The maximum atomic E-state index is 12.1. The molecule has 1 amide bonds. The number of carbonyl (C=O) groups is 1. The number of para-hydroxylation sites is 2. The van der Waals surface area contributed by atoms with Crippen LogP contribution in [0.3, 0.4) is 0 Å². The molecular weight excluding hydrogens is 366 g/mol. The van der Waals surface area contributed by atoms with Gasteiger partial charge in [-0.15, -0.1) is 0 Å². The quantitative estimate of drug-likeness (QED) is 0.860. The molecule has 1 N–H and O–H groups in total. The van der Waals surface area contributed by atoms with Crippen LogP contribution in [0.25, 0.3) is 0 Å². The minimum Gasteiger partial charge on any atom is -0.486 e. The van der Waals surface area contributed by atoms with E-state index in [1.807, 2.05) is 6.07 Å². The first-order valence-corrected chi connectivity index (χ1v) is 9.60. The lowest BCUT2D eigenvalue weighted by molar-refractivity contribution is -0.121. The van der Waals surface area contributed by atoms with Crippen LogP contribution in [0.5, 0.6) is 11.5 Å². The lowest BCUT2D eigenvalue weighted by Gasteiger charge is -2.25. The predicted molar refractivity (Wildman–Crippen MR) is 93.2 cm³/mol. The third kappa shape index (κ3) is 4.87. The molecule has 0 radical (unpaired) electrons. The summed E-state index contributed by atoms with van der Waals surface area (Å²) in [6.07, 6.45) is -0.667. The van der Waals surface area contributed by atoms with Crippen LogP contribution in [-0.2, 0) is 20.6 Å². The monoisotopic (exact) mass is 381 g/mol. The second-order valence-corrected chi connectivity index (χ2v) is 7.77. The Morgan fingerprint density at radius 2 is 1.92 bits per heavy atom. The van der Waals surface area contributed by atoms with Crippen molar-refractivity contribution >= 4 is 27.5 Å². The van der Waals surface area contributed by atoms with Crippen molar-refractivity contribution < 1.29 is 22.7 Å². The summed E-state index contributed by atoms with van der Waals surface area (Å²) in [5, 5.41) is 0.436. The van der Waals surface area contributed by atoms with E-state index >= 15 is 0 Å². The van der Waals surface area contributed by atoms with E-state index in [2.05, 4.69) is 4.72 Å². The molecule has 1 heterocycles. The van der Waals surface area contributed by atoms with Gasteiger partial charge >= 0.3 is 0 Å². The van der Waals surface area contributed by atoms with Crippen molar-refractivity contribution in [2.45, 2.75) is 18.3 Å². The fourth-order valence-corrected chi connectivity index (χ4v) is 3.80. The number of halogens is 1. The van der Waals surface area contributed by atoms with Gasteiger partial charge in [0.1, 0.15) is 12.7 Å². The third-order valence-corrected chi connectivity index (χ3v) is 4.98. The summed E-state index contributed by atoms with van der Waals surface area (Å²) < 4.78 is 37.4. The van der Waals surface area contributed by atoms with Gasteiger partial charge in [0.2, 0.25) is 15.9 Å². The molecule has 0 fully saturated rings. The van der Waals surface area contributed by atoms with E-state index in [0.717, 1.165) is 0 Å². The van der Waals surface area contributed by atoms with Crippen molar-refractivity contribution in [3.63, 3.8) is 0 Å². The van der Waals surface area contributed by atoms with Crippen molar-refractivity contribution in [2.75, 3.05) is 6.61 Å². The highest BCUT2D eigenvalue weighted by atomic mass is 35.5. The van der Waals surface area contributed by atoms with Gasteiger partial charge in [0.15, 0.2) is 11.5 Å². The maximum Gasteiger partial charge on any atom is 0.239 e. The summed E-state index contributed by atoms with van der Waals surface area (Å²) in [5.41, 5.74) is 0.499. The Morgan fingerprint density at radius 1 is 1.16 bits per heavy atom.